The van der Waals surface area contributed by atoms with Gasteiger partial charge in [-0.3, -0.25) is 9.59 Å². The number of alkyl halides is 3. The summed E-state index contributed by atoms with van der Waals surface area (Å²) < 4.78 is 54.7. The van der Waals surface area contributed by atoms with Crippen molar-refractivity contribution in [3.05, 3.63) is 58.1 Å². The molecule has 182 valence electrons. The van der Waals surface area contributed by atoms with Crippen LogP contribution < -0.4 is 9.64 Å². The number of hydrogen-bond acceptors (Lipinski definition) is 5. The quantitative estimate of drug-likeness (QED) is 0.477. The number of imide groups is 1. The molecule has 6 nitrogen and oxygen atoms in total. The summed E-state index contributed by atoms with van der Waals surface area (Å²) >= 11 is 3.41. The van der Waals surface area contributed by atoms with Gasteiger partial charge in [-0.1, -0.05) is 18.2 Å². The Morgan fingerprint density at radius 2 is 1.86 bits per heavy atom. The molecule has 35 heavy (non-hydrogen) atoms. The average Bonchev–Trinajstić information content (AvgIpc) is 3.38. The monoisotopic (exact) mass is 548 g/mol. The van der Waals surface area contributed by atoms with Crippen molar-refractivity contribution >= 4 is 33.4 Å². The van der Waals surface area contributed by atoms with Gasteiger partial charge in [0, 0.05) is 6.42 Å². The first-order valence-corrected chi connectivity index (χ1v) is 11.9. The van der Waals surface area contributed by atoms with Gasteiger partial charge < -0.3 is 9.47 Å². The molecule has 3 aliphatic heterocycles. The van der Waals surface area contributed by atoms with E-state index >= 15 is 0 Å². The lowest BCUT2D eigenvalue weighted by atomic mass is 9.67. The van der Waals surface area contributed by atoms with Gasteiger partial charge >= 0.3 is 6.18 Å². The van der Waals surface area contributed by atoms with Crippen molar-refractivity contribution in [2.45, 2.75) is 43.6 Å². The van der Waals surface area contributed by atoms with Gasteiger partial charge in [0.15, 0.2) is 0 Å². The normalized spacial score (nSPS) is 29.4. The lowest BCUT2D eigenvalue weighted by molar-refractivity contribution is -0.137. The molecular weight excluding hydrogens is 529 g/mol. The van der Waals surface area contributed by atoms with Crippen LogP contribution in [0.15, 0.2) is 46.9 Å². The molecule has 4 unspecified atom stereocenters. The second-order valence-corrected chi connectivity index (χ2v) is 10.1. The van der Waals surface area contributed by atoms with E-state index in [1.165, 1.54) is 12.1 Å². The van der Waals surface area contributed by atoms with Crippen LogP contribution in [0.4, 0.5) is 18.9 Å². The molecule has 3 aliphatic rings. The number of rotatable bonds is 5. The molecule has 0 saturated carbocycles. The Balaban J connectivity index is 1.49. The smallest absolute Gasteiger partial charge is 0.419 e. The van der Waals surface area contributed by atoms with E-state index in [0.717, 1.165) is 16.6 Å². The molecule has 0 spiro atoms. The maximum Gasteiger partial charge on any atom is 0.419 e. The number of carbonyl (C=O) groups excluding carboxylic acids is 2. The van der Waals surface area contributed by atoms with Crippen LogP contribution in [-0.4, -0.2) is 29.6 Å². The number of hydrogen-bond donors (Lipinski definition) is 0. The van der Waals surface area contributed by atoms with Gasteiger partial charge in [-0.25, -0.2) is 4.90 Å². The van der Waals surface area contributed by atoms with Gasteiger partial charge in [-0.2, -0.15) is 18.4 Å². The van der Waals surface area contributed by atoms with Crippen molar-refractivity contribution in [2.24, 2.45) is 11.8 Å². The van der Waals surface area contributed by atoms with E-state index in [-0.39, 0.29) is 6.61 Å². The summed E-state index contributed by atoms with van der Waals surface area (Å²) in [6, 6.07) is 12.1. The Morgan fingerprint density at radius 3 is 2.54 bits per heavy atom. The van der Waals surface area contributed by atoms with Gasteiger partial charge in [-0.05, 0) is 60.0 Å². The highest BCUT2D eigenvalue weighted by molar-refractivity contribution is 9.10. The Hall–Kier alpha value is -2.90. The van der Waals surface area contributed by atoms with E-state index in [1.54, 1.807) is 13.0 Å². The molecule has 2 aromatic carbocycles. The number of benzene rings is 2. The third kappa shape index (κ3) is 3.55. The number of ether oxygens (including phenoxy) is 2. The molecule has 0 aromatic heterocycles. The Kier molecular flexibility index (Phi) is 5.49. The maximum atomic E-state index is 13.9. The van der Waals surface area contributed by atoms with E-state index in [9.17, 15) is 28.0 Å². The fourth-order valence-electron chi connectivity index (χ4n) is 5.86. The Labute approximate surface area is 207 Å². The van der Waals surface area contributed by atoms with E-state index < -0.39 is 57.8 Å². The summed E-state index contributed by atoms with van der Waals surface area (Å²) in [5, 5.41) is 9.25. The van der Waals surface area contributed by atoms with Crippen LogP contribution in [0.1, 0.15) is 37.3 Å². The topological polar surface area (TPSA) is 79.6 Å². The second-order valence-electron chi connectivity index (χ2n) is 9.28. The fraction of sp³-hybridized carbons (Fsp3) is 0.400. The minimum absolute atomic E-state index is 0.196. The van der Waals surface area contributed by atoms with Crippen LogP contribution in [0.2, 0.25) is 0 Å². The fourth-order valence-corrected chi connectivity index (χ4v) is 6.26. The van der Waals surface area contributed by atoms with Crippen LogP contribution in [0.5, 0.6) is 5.75 Å². The molecule has 2 bridgehead atoms. The molecule has 0 radical (unpaired) electrons. The van der Waals surface area contributed by atoms with Crippen molar-refractivity contribution < 1.29 is 32.2 Å². The van der Waals surface area contributed by atoms with Gasteiger partial charge in [0.25, 0.3) is 0 Å². The lowest BCUT2D eigenvalue weighted by Gasteiger charge is -2.31. The average molecular weight is 549 g/mol. The van der Waals surface area contributed by atoms with Crippen molar-refractivity contribution in [3.63, 3.8) is 0 Å². The third-order valence-corrected chi connectivity index (χ3v) is 7.97. The molecule has 2 aromatic rings. The number of fused-ring (bicyclic) bond motifs is 5. The number of amides is 2. The Morgan fingerprint density at radius 1 is 1.14 bits per heavy atom. The van der Waals surface area contributed by atoms with E-state index in [2.05, 4.69) is 15.9 Å². The number of nitriles is 1. The molecule has 3 saturated heterocycles. The highest BCUT2D eigenvalue weighted by Crippen LogP contribution is 2.62. The molecule has 5 rings (SSSR count). The number of para-hydroxylation sites is 1. The lowest BCUT2D eigenvalue weighted by Crippen LogP contribution is -2.43. The van der Waals surface area contributed by atoms with Gasteiger partial charge in [0.1, 0.15) is 5.75 Å². The van der Waals surface area contributed by atoms with E-state index in [1.807, 2.05) is 18.2 Å². The molecule has 3 heterocycles. The first-order valence-electron chi connectivity index (χ1n) is 11.1. The van der Waals surface area contributed by atoms with Gasteiger partial charge in [0.05, 0.1) is 57.0 Å². The number of halogens is 4. The maximum absolute atomic E-state index is 13.9. The molecule has 10 heteroatoms. The summed E-state index contributed by atoms with van der Waals surface area (Å²) in [4.78, 5) is 27.7. The predicted molar refractivity (Wildman–Crippen MR) is 121 cm³/mol. The summed E-state index contributed by atoms with van der Waals surface area (Å²) in [6.45, 7) is 1.93. The van der Waals surface area contributed by atoms with Crippen LogP contribution in [0, 0.1) is 23.2 Å². The summed E-state index contributed by atoms with van der Waals surface area (Å²) in [7, 11) is 0. The zero-order chi connectivity index (χ0) is 25.2. The zero-order valence-electron chi connectivity index (χ0n) is 18.6. The third-order valence-electron chi connectivity index (χ3n) is 7.32. The molecule has 0 N–H and O–H groups in total. The molecule has 0 aliphatic carbocycles. The highest BCUT2D eigenvalue weighted by Gasteiger charge is 2.74. The summed E-state index contributed by atoms with van der Waals surface area (Å²) in [6.07, 6.45) is -3.64. The zero-order valence-corrected chi connectivity index (χ0v) is 20.1. The van der Waals surface area contributed by atoms with Crippen molar-refractivity contribution in [1.82, 2.24) is 0 Å². The second kappa shape index (κ2) is 8.07. The van der Waals surface area contributed by atoms with Crippen LogP contribution in [0.3, 0.4) is 0 Å². The van der Waals surface area contributed by atoms with Crippen molar-refractivity contribution in [3.8, 4) is 11.8 Å². The largest absolute Gasteiger partial charge is 0.492 e. The van der Waals surface area contributed by atoms with E-state index in [4.69, 9.17) is 9.47 Å². The van der Waals surface area contributed by atoms with Gasteiger partial charge in [-0.15, -0.1) is 0 Å². The molecule has 3 fully saturated rings. The first kappa shape index (κ1) is 23.8. The predicted octanol–water partition coefficient (Wildman–Crippen LogP) is 5.24. The highest BCUT2D eigenvalue weighted by atomic mass is 79.9. The van der Waals surface area contributed by atoms with Crippen LogP contribution in [0.25, 0.3) is 0 Å². The van der Waals surface area contributed by atoms with E-state index in [0.29, 0.717) is 29.9 Å². The molecule has 2 amide bonds. The van der Waals surface area contributed by atoms with Crippen LogP contribution >= 0.6 is 15.9 Å². The molecule has 4 atom stereocenters. The standard InChI is InChI=1S/C25H20BrF3N2O4/c1-23-9-10-24(35-23,11-12-34-17-8-3-2-6-15(17)26)20-19(23)21(32)31(22(20)33)16-7-4-5-14(13-30)18(16)25(27,28)29/h2-8,19-20H,9-12H2,1H3. The SMILES string of the molecule is CC12CCC(CCOc3ccccc3Br)(O1)C1C(=O)N(c3cccc(C#N)c3C(F)(F)F)C(=O)C12. The number of anilines is 1. The van der Waals surface area contributed by atoms with Crippen LogP contribution in [-0.2, 0) is 20.5 Å². The Bertz CT molecular complexity index is 1280. The first-order chi connectivity index (χ1) is 16.5. The number of carbonyl (C=O) groups is 2. The summed E-state index contributed by atoms with van der Waals surface area (Å²) in [5.41, 5.74) is -4.52. The van der Waals surface area contributed by atoms with Crippen molar-refractivity contribution in [2.75, 3.05) is 11.5 Å². The molecular formula is C25H20BrF3N2O4. The number of nitrogens with zero attached hydrogens (tertiary/aromatic N) is 2. The summed E-state index contributed by atoms with van der Waals surface area (Å²) in [5.74, 6) is -2.68. The minimum atomic E-state index is -4.92. The van der Waals surface area contributed by atoms with Gasteiger partial charge in [0.2, 0.25) is 11.8 Å². The minimum Gasteiger partial charge on any atom is -0.492 e. The van der Waals surface area contributed by atoms with Crippen molar-refractivity contribution in [1.29, 1.82) is 5.26 Å².